The minimum Gasteiger partial charge on any atom is -0.345 e. The number of nitro benzene ring substituents is 1. The average Bonchev–Trinajstić information content (AvgIpc) is 3.11. The first-order valence-electron chi connectivity index (χ1n) is 8.92. The second-order valence-electron chi connectivity index (χ2n) is 6.29. The van der Waals surface area contributed by atoms with Crippen LogP contribution in [0.3, 0.4) is 0 Å². The lowest BCUT2D eigenvalue weighted by molar-refractivity contribution is -0.384. The number of carbonyl (C=O) groups is 2. The van der Waals surface area contributed by atoms with Crippen molar-refractivity contribution in [3.63, 3.8) is 0 Å². The van der Waals surface area contributed by atoms with E-state index in [4.69, 9.17) is 0 Å². The first-order valence-corrected chi connectivity index (χ1v) is 11.0. The standard InChI is InChI=1S/C19H17IN6O4S/c1-25-16(10-21-18(28)12-3-2-4-15(9-12)26(29)30)23-24-19(25)31-11-17(27)22-14-7-5-13(20)6-8-14/h2-9H,10-11H2,1H3,(H,21,28)(H,22,27). The molecule has 0 spiro atoms. The summed E-state index contributed by atoms with van der Waals surface area (Å²) in [5, 5.41) is 24.9. The number of nitro groups is 1. The Morgan fingerprint density at radius 2 is 1.94 bits per heavy atom. The van der Waals surface area contributed by atoms with Gasteiger partial charge in [0.05, 0.1) is 17.2 Å². The zero-order valence-corrected chi connectivity index (χ0v) is 19.2. The second kappa shape index (κ2) is 10.3. The molecular weight excluding hydrogens is 535 g/mol. The normalized spacial score (nSPS) is 10.5. The molecule has 2 aromatic carbocycles. The number of benzene rings is 2. The van der Waals surface area contributed by atoms with Crippen LogP contribution >= 0.6 is 34.4 Å². The van der Waals surface area contributed by atoms with Gasteiger partial charge in [-0.25, -0.2) is 0 Å². The van der Waals surface area contributed by atoms with E-state index in [-0.39, 0.29) is 29.5 Å². The summed E-state index contributed by atoms with van der Waals surface area (Å²) >= 11 is 3.41. The molecule has 3 rings (SSSR count). The average molecular weight is 552 g/mol. The van der Waals surface area contributed by atoms with Crippen molar-refractivity contribution in [2.24, 2.45) is 7.05 Å². The zero-order chi connectivity index (χ0) is 22.4. The van der Waals surface area contributed by atoms with E-state index in [2.05, 4.69) is 43.4 Å². The smallest absolute Gasteiger partial charge is 0.270 e. The quantitative estimate of drug-likeness (QED) is 0.190. The molecule has 0 fully saturated rings. The van der Waals surface area contributed by atoms with Gasteiger partial charge in [0, 0.05) is 34.0 Å². The number of nitrogens with zero attached hydrogens (tertiary/aromatic N) is 4. The Bertz CT molecular complexity index is 1120. The minimum atomic E-state index is -0.558. The Labute approximate surface area is 195 Å². The van der Waals surface area contributed by atoms with Gasteiger partial charge in [0.1, 0.15) is 0 Å². The molecule has 0 unspecified atom stereocenters. The summed E-state index contributed by atoms with van der Waals surface area (Å²) in [4.78, 5) is 34.7. The van der Waals surface area contributed by atoms with E-state index >= 15 is 0 Å². The first kappa shape index (κ1) is 22.7. The van der Waals surface area contributed by atoms with E-state index < -0.39 is 10.8 Å². The Hall–Kier alpha value is -3.00. The Kier molecular flexibility index (Phi) is 7.57. The zero-order valence-electron chi connectivity index (χ0n) is 16.2. The van der Waals surface area contributed by atoms with Gasteiger partial charge in [-0.15, -0.1) is 10.2 Å². The topological polar surface area (TPSA) is 132 Å². The monoisotopic (exact) mass is 552 g/mol. The summed E-state index contributed by atoms with van der Waals surface area (Å²) in [5.41, 5.74) is 0.736. The van der Waals surface area contributed by atoms with Crippen molar-refractivity contribution in [1.29, 1.82) is 0 Å². The van der Waals surface area contributed by atoms with E-state index in [0.717, 1.165) is 3.57 Å². The van der Waals surface area contributed by atoms with Crippen molar-refractivity contribution in [3.8, 4) is 0 Å². The maximum absolute atomic E-state index is 12.3. The van der Waals surface area contributed by atoms with Crippen molar-refractivity contribution in [2.75, 3.05) is 11.1 Å². The highest BCUT2D eigenvalue weighted by atomic mass is 127. The number of amides is 2. The largest absolute Gasteiger partial charge is 0.345 e. The van der Waals surface area contributed by atoms with E-state index in [9.17, 15) is 19.7 Å². The summed E-state index contributed by atoms with van der Waals surface area (Å²) in [5.74, 6) is 0.00437. The van der Waals surface area contributed by atoms with Crippen LogP contribution in [0.4, 0.5) is 11.4 Å². The van der Waals surface area contributed by atoms with Crippen LogP contribution in [0.25, 0.3) is 0 Å². The lowest BCUT2D eigenvalue weighted by atomic mass is 10.2. The number of rotatable bonds is 8. The number of aromatic nitrogens is 3. The number of carbonyl (C=O) groups excluding carboxylic acids is 2. The van der Waals surface area contributed by atoms with Crippen LogP contribution in [0.15, 0.2) is 53.7 Å². The SMILES string of the molecule is Cn1c(CNC(=O)c2cccc([N+](=O)[O-])c2)nnc1SCC(=O)Nc1ccc(I)cc1. The van der Waals surface area contributed by atoms with E-state index in [1.165, 1.54) is 36.0 Å². The first-order chi connectivity index (χ1) is 14.8. The molecule has 0 saturated heterocycles. The minimum absolute atomic E-state index is 0.0838. The van der Waals surface area contributed by atoms with Crippen molar-refractivity contribution in [3.05, 3.63) is 73.6 Å². The second-order valence-corrected chi connectivity index (χ2v) is 8.48. The van der Waals surface area contributed by atoms with Crippen LogP contribution < -0.4 is 10.6 Å². The van der Waals surface area contributed by atoms with Crippen LogP contribution in [-0.4, -0.2) is 37.3 Å². The Balaban J connectivity index is 1.53. The Morgan fingerprint density at radius 1 is 1.19 bits per heavy atom. The van der Waals surface area contributed by atoms with E-state index in [1.807, 2.05) is 24.3 Å². The van der Waals surface area contributed by atoms with Crippen molar-refractivity contribution < 1.29 is 14.5 Å². The predicted octanol–water partition coefficient (Wildman–Crippen LogP) is 2.99. The molecule has 0 bridgehead atoms. The number of thioether (sulfide) groups is 1. The van der Waals surface area contributed by atoms with Crippen LogP contribution in [0.1, 0.15) is 16.2 Å². The highest BCUT2D eigenvalue weighted by Gasteiger charge is 2.15. The fourth-order valence-corrected chi connectivity index (χ4v) is 3.60. The molecular formula is C19H17IN6O4S. The Morgan fingerprint density at radius 3 is 2.65 bits per heavy atom. The number of halogens is 1. The molecule has 10 nitrogen and oxygen atoms in total. The molecule has 12 heteroatoms. The molecule has 3 aromatic rings. The molecule has 1 aromatic heterocycles. The molecule has 0 radical (unpaired) electrons. The molecule has 0 aliphatic carbocycles. The van der Waals surface area contributed by atoms with Crippen LogP contribution in [0.2, 0.25) is 0 Å². The molecule has 160 valence electrons. The summed E-state index contributed by atoms with van der Waals surface area (Å²) in [6, 6.07) is 12.9. The summed E-state index contributed by atoms with van der Waals surface area (Å²) < 4.78 is 2.76. The summed E-state index contributed by atoms with van der Waals surface area (Å²) in [6.45, 7) is 0.0838. The number of anilines is 1. The van der Waals surface area contributed by atoms with Gasteiger partial charge in [-0.3, -0.25) is 19.7 Å². The third-order valence-electron chi connectivity index (χ3n) is 4.11. The molecule has 0 aliphatic rings. The third-order valence-corrected chi connectivity index (χ3v) is 5.85. The lowest BCUT2D eigenvalue weighted by Crippen LogP contribution is -2.24. The predicted molar refractivity (Wildman–Crippen MR) is 124 cm³/mol. The van der Waals surface area contributed by atoms with Gasteiger partial charge in [0.15, 0.2) is 11.0 Å². The van der Waals surface area contributed by atoms with Crippen molar-refractivity contribution in [1.82, 2.24) is 20.1 Å². The number of hydrogen-bond donors (Lipinski definition) is 2. The maximum Gasteiger partial charge on any atom is 0.270 e. The van der Waals surface area contributed by atoms with E-state index in [1.54, 1.807) is 11.6 Å². The lowest BCUT2D eigenvalue weighted by Gasteiger charge is -2.07. The fraction of sp³-hybridized carbons (Fsp3) is 0.158. The van der Waals surface area contributed by atoms with Gasteiger partial charge in [-0.05, 0) is 52.9 Å². The summed E-state index contributed by atoms with van der Waals surface area (Å²) in [7, 11) is 1.73. The molecule has 2 amide bonds. The van der Waals surface area contributed by atoms with E-state index in [0.29, 0.717) is 16.7 Å². The van der Waals surface area contributed by atoms with Gasteiger partial charge >= 0.3 is 0 Å². The van der Waals surface area contributed by atoms with Gasteiger partial charge in [-0.1, -0.05) is 17.8 Å². The van der Waals surface area contributed by atoms with Gasteiger partial charge in [-0.2, -0.15) is 0 Å². The molecule has 0 atom stereocenters. The van der Waals surface area contributed by atoms with Gasteiger partial charge in [0.2, 0.25) is 5.91 Å². The highest BCUT2D eigenvalue weighted by molar-refractivity contribution is 14.1. The molecule has 2 N–H and O–H groups in total. The number of nitrogens with one attached hydrogen (secondary N) is 2. The third kappa shape index (κ3) is 6.24. The number of hydrogen-bond acceptors (Lipinski definition) is 7. The molecule has 0 aliphatic heterocycles. The van der Waals surface area contributed by atoms with Crippen LogP contribution in [-0.2, 0) is 18.4 Å². The van der Waals surface area contributed by atoms with Gasteiger partial charge < -0.3 is 15.2 Å². The highest BCUT2D eigenvalue weighted by Crippen LogP contribution is 2.17. The molecule has 1 heterocycles. The molecule has 31 heavy (non-hydrogen) atoms. The van der Waals surface area contributed by atoms with Crippen molar-refractivity contribution in [2.45, 2.75) is 11.7 Å². The fourth-order valence-electron chi connectivity index (χ4n) is 2.51. The molecule has 0 saturated carbocycles. The van der Waals surface area contributed by atoms with Crippen molar-refractivity contribution >= 4 is 57.5 Å². The van der Waals surface area contributed by atoms with Gasteiger partial charge in [0.25, 0.3) is 11.6 Å². The van der Waals surface area contributed by atoms with Crippen LogP contribution in [0.5, 0.6) is 0 Å². The summed E-state index contributed by atoms with van der Waals surface area (Å²) in [6.07, 6.45) is 0. The number of non-ortho nitro benzene ring substituents is 1. The van der Waals surface area contributed by atoms with Crippen LogP contribution in [0, 0.1) is 13.7 Å². The maximum atomic E-state index is 12.3.